The number of hydrogen-bond acceptors (Lipinski definition) is 5. The number of nitrogens with zero attached hydrogens (tertiary/aromatic N) is 3. The molecule has 1 aliphatic heterocycles. The Kier molecular flexibility index (Phi) is 5.60. The maximum atomic E-state index is 14.3. The average molecular weight is 443 g/mol. The summed E-state index contributed by atoms with van der Waals surface area (Å²) in [4.78, 5) is 15.0. The van der Waals surface area contributed by atoms with Gasteiger partial charge in [-0.1, -0.05) is 0 Å². The van der Waals surface area contributed by atoms with Crippen molar-refractivity contribution in [2.75, 3.05) is 20.8 Å². The van der Waals surface area contributed by atoms with Crippen LogP contribution in [0, 0.1) is 25.5 Å². The summed E-state index contributed by atoms with van der Waals surface area (Å²) in [5, 5.41) is 15.1. The van der Waals surface area contributed by atoms with Gasteiger partial charge in [0.1, 0.15) is 29.1 Å². The quantitative estimate of drug-likeness (QED) is 0.668. The molecule has 9 heteroatoms. The first-order valence-corrected chi connectivity index (χ1v) is 9.99. The highest BCUT2D eigenvalue weighted by Crippen LogP contribution is 2.40. The van der Waals surface area contributed by atoms with Crippen molar-refractivity contribution in [2.24, 2.45) is 0 Å². The number of ether oxygens (including phenoxy) is 2. The van der Waals surface area contributed by atoms with Crippen molar-refractivity contribution in [1.82, 2.24) is 14.7 Å². The van der Waals surface area contributed by atoms with E-state index in [-0.39, 0.29) is 24.7 Å². The van der Waals surface area contributed by atoms with Gasteiger partial charge in [0.25, 0.3) is 5.91 Å². The maximum Gasteiger partial charge on any atom is 0.258 e. The van der Waals surface area contributed by atoms with E-state index in [4.69, 9.17) is 9.47 Å². The van der Waals surface area contributed by atoms with E-state index in [0.717, 1.165) is 12.1 Å². The second-order valence-corrected chi connectivity index (χ2v) is 7.62. The normalized spacial score (nSPS) is 15.5. The van der Waals surface area contributed by atoms with E-state index in [9.17, 15) is 18.7 Å². The predicted molar refractivity (Wildman–Crippen MR) is 112 cm³/mol. The maximum absolute atomic E-state index is 14.3. The average Bonchev–Trinajstić information content (AvgIpc) is 3.05. The molecule has 0 saturated carbocycles. The number of aliphatic hydroxyl groups is 1. The molecule has 3 aromatic rings. The van der Waals surface area contributed by atoms with Gasteiger partial charge in [-0.15, -0.1) is 0 Å². The number of halogens is 2. The Hall–Kier alpha value is -3.46. The minimum atomic E-state index is -0.974. The molecule has 1 N–H and O–H groups in total. The minimum Gasteiger partial charge on any atom is -0.496 e. The molecule has 0 bridgehead atoms. The lowest BCUT2D eigenvalue weighted by molar-refractivity contribution is 0.0537. The predicted octanol–water partition coefficient (Wildman–Crippen LogP) is 3.47. The molecule has 0 spiro atoms. The molecule has 1 aliphatic rings. The molecule has 1 amide bonds. The van der Waals surface area contributed by atoms with E-state index in [1.165, 1.54) is 29.9 Å². The Morgan fingerprint density at radius 2 is 1.81 bits per heavy atom. The summed E-state index contributed by atoms with van der Waals surface area (Å²) in [6.45, 7) is 3.54. The number of aliphatic hydroxyl groups excluding tert-OH is 1. The van der Waals surface area contributed by atoms with Gasteiger partial charge < -0.3 is 19.5 Å². The van der Waals surface area contributed by atoms with Gasteiger partial charge in [-0.3, -0.25) is 4.79 Å². The highest BCUT2D eigenvalue weighted by molar-refractivity contribution is 5.96. The molecule has 1 aromatic heterocycles. The summed E-state index contributed by atoms with van der Waals surface area (Å²) in [5.74, 6) is -0.784. The van der Waals surface area contributed by atoms with Crippen LogP contribution in [0.2, 0.25) is 0 Å². The third-order valence-corrected chi connectivity index (χ3v) is 5.72. The SMILES string of the molecule is COc1ccc(OC)c2c1CN(C(=O)c1c(C)nn(-c3ccc(F)cc3F)c1C)CC2O. The zero-order valence-corrected chi connectivity index (χ0v) is 18.1. The molecule has 2 heterocycles. The molecular weight excluding hydrogens is 420 g/mol. The molecule has 4 rings (SSSR count). The van der Waals surface area contributed by atoms with E-state index < -0.39 is 17.7 Å². The number of aromatic nitrogens is 2. The van der Waals surface area contributed by atoms with Crippen molar-refractivity contribution >= 4 is 5.91 Å². The van der Waals surface area contributed by atoms with E-state index in [1.807, 2.05) is 0 Å². The second kappa shape index (κ2) is 8.23. The molecular formula is C23H23F2N3O4. The number of β-amino-alcohol motifs (C(OH)–C–C–N with tert-alkyl or cyclic N) is 1. The number of hydrogen-bond donors (Lipinski definition) is 1. The first kappa shape index (κ1) is 21.8. The number of carbonyl (C=O) groups is 1. The molecule has 0 radical (unpaired) electrons. The molecule has 0 aliphatic carbocycles. The summed E-state index contributed by atoms with van der Waals surface area (Å²) < 4.78 is 39.7. The van der Waals surface area contributed by atoms with Gasteiger partial charge in [0.2, 0.25) is 0 Å². The summed E-state index contributed by atoms with van der Waals surface area (Å²) in [7, 11) is 3.03. The highest BCUT2D eigenvalue weighted by Gasteiger charge is 2.34. The number of fused-ring (bicyclic) bond motifs is 1. The topological polar surface area (TPSA) is 76.8 Å². The van der Waals surface area contributed by atoms with Crippen LogP contribution < -0.4 is 9.47 Å². The molecule has 1 unspecified atom stereocenters. The van der Waals surface area contributed by atoms with E-state index in [2.05, 4.69) is 5.10 Å². The molecule has 32 heavy (non-hydrogen) atoms. The van der Waals surface area contributed by atoms with Crippen LogP contribution >= 0.6 is 0 Å². The first-order valence-electron chi connectivity index (χ1n) is 9.99. The fraction of sp³-hybridized carbons (Fsp3) is 0.304. The van der Waals surface area contributed by atoms with Crippen LogP contribution in [-0.2, 0) is 6.54 Å². The molecule has 168 valence electrons. The van der Waals surface area contributed by atoms with Crippen molar-refractivity contribution in [1.29, 1.82) is 0 Å². The lowest BCUT2D eigenvalue weighted by Crippen LogP contribution is -2.39. The number of methoxy groups -OCH3 is 2. The van der Waals surface area contributed by atoms with E-state index in [0.29, 0.717) is 39.6 Å². The van der Waals surface area contributed by atoms with Crippen molar-refractivity contribution in [3.8, 4) is 17.2 Å². The number of rotatable bonds is 4. The van der Waals surface area contributed by atoms with Gasteiger partial charge >= 0.3 is 0 Å². The van der Waals surface area contributed by atoms with Crippen LogP contribution in [0.25, 0.3) is 5.69 Å². The largest absolute Gasteiger partial charge is 0.496 e. The molecule has 1 atom stereocenters. The van der Waals surface area contributed by atoms with E-state index in [1.54, 1.807) is 26.0 Å². The molecule has 7 nitrogen and oxygen atoms in total. The smallest absolute Gasteiger partial charge is 0.258 e. The number of carbonyl (C=O) groups excluding carboxylic acids is 1. The van der Waals surface area contributed by atoms with Crippen molar-refractivity contribution in [3.05, 3.63) is 70.0 Å². The number of amides is 1. The van der Waals surface area contributed by atoms with Gasteiger partial charge in [-0.2, -0.15) is 5.10 Å². The Morgan fingerprint density at radius 3 is 2.47 bits per heavy atom. The summed E-state index contributed by atoms with van der Waals surface area (Å²) in [6, 6.07) is 6.62. The zero-order valence-electron chi connectivity index (χ0n) is 18.1. The van der Waals surface area contributed by atoms with Crippen LogP contribution in [0.4, 0.5) is 8.78 Å². The van der Waals surface area contributed by atoms with Crippen LogP contribution in [0.15, 0.2) is 30.3 Å². The standard InChI is InChI=1S/C23H23F2N3O4/c1-12-21(13(2)28(26-12)17-6-5-14(24)9-16(17)25)23(30)27-10-15-19(31-3)7-8-20(32-4)22(15)18(29)11-27/h5-9,18,29H,10-11H2,1-4H3. The summed E-state index contributed by atoms with van der Waals surface area (Å²) in [5.41, 5.74) is 2.40. The third kappa shape index (κ3) is 3.48. The zero-order chi connectivity index (χ0) is 23.2. The minimum absolute atomic E-state index is 0.0430. The van der Waals surface area contributed by atoms with Crippen molar-refractivity contribution in [2.45, 2.75) is 26.5 Å². The molecule has 0 saturated heterocycles. The third-order valence-electron chi connectivity index (χ3n) is 5.72. The Bertz CT molecular complexity index is 1210. The second-order valence-electron chi connectivity index (χ2n) is 7.62. The van der Waals surface area contributed by atoms with Gasteiger partial charge in [0, 0.05) is 17.2 Å². The van der Waals surface area contributed by atoms with E-state index >= 15 is 0 Å². The summed E-state index contributed by atoms with van der Waals surface area (Å²) >= 11 is 0. The van der Waals surface area contributed by atoms with Crippen LogP contribution in [0.1, 0.15) is 39.0 Å². The van der Waals surface area contributed by atoms with Crippen molar-refractivity contribution in [3.63, 3.8) is 0 Å². The molecule has 2 aromatic carbocycles. The fourth-order valence-electron chi connectivity index (χ4n) is 4.23. The molecule has 0 fully saturated rings. The number of benzene rings is 2. The van der Waals surface area contributed by atoms with Gasteiger partial charge in [-0.05, 0) is 38.1 Å². The Morgan fingerprint density at radius 1 is 1.12 bits per heavy atom. The monoisotopic (exact) mass is 443 g/mol. The van der Waals surface area contributed by atoms with Crippen LogP contribution in [0.5, 0.6) is 11.5 Å². The van der Waals surface area contributed by atoms with Gasteiger partial charge in [0.05, 0.1) is 44.3 Å². The Balaban J connectivity index is 1.73. The lowest BCUT2D eigenvalue weighted by atomic mass is 9.94. The highest BCUT2D eigenvalue weighted by atomic mass is 19.1. The lowest BCUT2D eigenvalue weighted by Gasteiger charge is -2.34. The summed E-state index contributed by atoms with van der Waals surface area (Å²) in [6.07, 6.45) is -0.974. The van der Waals surface area contributed by atoms with Gasteiger partial charge in [0.15, 0.2) is 5.82 Å². The van der Waals surface area contributed by atoms with Gasteiger partial charge in [-0.25, -0.2) is 13.5 Å². The number of aryl methyl sites for hydroxylation is 1. The first-order chi connectivity index (χ1) is 15.3. The van der Waals surface area contributed by atoms with Crippen LogP contribution in [0.3, 0.4) is 0 Å². The Labute approximate surface area is 183 Å². The fourth-order valence-corrected chi connectivity index (χ4v) is 4.23. The van der Waals surface area contributed by atoms with Crippen LogP contribution in [-0.4, -0.2) is 46.5 Å². The van der Waals surface area contributed by atoms with Crippen molar-refractivity contribution < 1.29 is 28.2 Å².